The standard InChI is InChI=1S/C18H23N5O3/c1-11-14-10-26-18(2,3)8-12(14)13(9-19)16(21-11)22-4-6-23(7-5-22)17(25)15(20)24/h4-8,10H2,1-3H3,(H2,20,24). The third-order valence-electron chi connectivity index (χ3n) is 5.00. The second kappa shape index (κ2) is 6.57. The molecule has 2 aliphatic rings. The molecule has 8 nitrogen and oxygen atoms in total. The molecule has 0 spiro atoms. The largest absolute Gasteiger partial charge is 0.370 e. The average Bonchev–Trinajstić information content (AvgIpc) is 2.60. The fourth-order valence-electron chi connectivity index (χ4n) is 3.54. The predicted octanol–water partition coefficient (Wildman–Crippen LogP) is 0.247. The van der Waals surface area contributed by atoms with Crippen LogP contribution in [-0.2, 0) is 27.4 Å². The lowest BCUT2D eigenvalue weighted by atomic mass is 9.88. The summed E-state index contributed by atoms with van der Waals surface area (Å²) in [5.41, 5.74) is 8.18. The molecule has 1 fully saturated rings. The lowest BCUT2D eigenvalue weighted by Gasteiger charge is -2.37. The topological polar surface area (TPSA) is 113 Å². The molecule has 3 rings (SSSR count). The van der Waals surface area contributed by atoms with Crippen molar-refractivity contribution in [2.75, 3.05) is 31.1 Å². The Balaban J connectivity index is 1.90. The fourth-order valence-corrected chi connectivity index (χ4v) is 3.54. The molecule has 0 aromatic carbocycles. The first-order chi connectivity index (χ1) is 12.2. The van der Waals surface area contributed by atoms with Gasteiger partial charge in [-0.1, -0.05) is 0 Å². The highest BCUT2D eigenvalue weighted by atomic mass is 16.5. The van der Waals surface area contributed by atoms with Crippen molar-refractivity contribution in [3.8, 4) is 6.07 Å². The zero-order chi connectivity index (χ0) is 19.1. The molecule has 2 N–H and O–H groups in total. The van der Waals surface area contributed by atoms with Gasteiger partial charge < -0.3 is 20.3 Å². The van der Waals surface area contributed by atoms with Gasteiger partial charge in [0, 0.05) is 43.9 Å². The Kier molecular flexibility index (Phi) is 4.59. The van der Waals surface area contributed by atoms with E-state index in [1.54, 1.807) is 0 Å². The zero-order valence-electron chi connectivity index (χ0n) is 15.3. The van der Waals surface area contributed by atoms with Gasteiger partial charge in [-0.3, -0.25) is 9.59 Å². The van der Waals surface area contributed by atoms with Crippen LogP contribution in [0, 0.1) is 18.3 Å². The number of hydrogen-bond donors (Lipinski definition) is 1. The van der Waals surface area contributed by atoms with Gasteiger partial charge in [-0.25, -0.2) is 4.98 Å². The molecular weight excluding hydrogens is 334 g/mol. The van der Waals surface area contributed by atoms with Crippen LogP contribution >= 0.6 is 0 Å². The lowest BCUT2D eigenvalue weighted by Crippen LogP contribution is -2.52. The first-order valence-corrected chi connectivity index (χ1v) is 8.63. The molecule has 2 amide bonds. The summed E-state index contributed by atoms with van der Waals surface area (Å²) in [6, 6.07) is 2.32. The van der Waals surface area contributed by atoms with Gasteiger partial charge in [0.2, 0.25) is 0 Å². The number of nitrogens with two attached hydrogens (primary N) is 1. The third kappa shape index (κ3) is 3.22. The van der Waals surface area contributed by atoms with E-state index in [4.69, 9.17) is 10.5 Å². The number of nitrogens with zero attached hydrogens (tertiary/aromatic N) is 4. The molecule has 0 bridgehead atoms. The van der Waals surface area contributed by atoms with Gasteiger partial charge in [-0.15, -0.1) is 0 Å². The molecule has 1 aromatic rings. The van der Waals surface area contributed by atoms with Crippen molar-refractivity contribution in [1.29, 1.82) is 5.26 Å². The zero-order valence-corrected chi connectivity index (χ0v) is 15.3. The Bertz CT molecular complexity index is 804. The molecule has 0 atom stereocenters. The predicted molar refractivity (Wildman–Crippen MR) is 94.2 cm³/mol. The van der Waals surface area contributed by atoms with E-state index in [-0.39, 0.29) is 5.60 Å². The maximum atomic E-state index is 11.7. The van der Waals surface area contributed by atoms with Gasteiger partial charge in [0.05, 0.1) is 17.8 Å². The van der Waals surface area contributed by atoms with E-state index in [1.807, 2.05) is 25.7 Å². The Morgan fingerprint density at radius 1 is 1.23 bits per heavy atom. The van der Waals surface area contributed by atoms with E-state index >= 15 is 0 Å². The van der Waals surface area contributed by atoms with Crippen molar-refractivity contribution >= 4 is 17.6 Å². The molecule has 0 unspecified atom stereocenters. The van der Waals surface area contributed by atoms with Crippen molar-refractivity contribution in [2.45, 2.75) is 39.4 Å². The minimum Gasteiger partial charge on any atom is -0.370 e. The molecule has 1 saturated heterocycles. The minimum atomic E-state index is -0.943. The first-order valence-electron chi connectivity index (χ1n) is 8.63. The summed E-state index contributed by atoms with van der Waals surface area (Å²) < 4.78 is 5.87. The Hall–Kier alpha value is -2.66. The Labute approximate surface area is 152 Å². The SMILES string of the molecule is Cc1nc(N2CCN(C(=O)C(N)=O)CC2)c(C#N)c2c1COC(C)(C)C2. The summed E-state index contributed by atoms with van der Waals surface area (Å²) >= 11 is 0. The molecule has 1 aromatic heterocycles. The van der Waals surface area contributed by atoms with Crippen LogP contribution in [0.15, 0.2) is 0 Å². The van der Waals surface area contributed by atoms with E-state index in [1.165, 1.54) is 4.90 Å². The number of fused-ring (bicyclic) bond motifs is 1. The van der Waals surface area contributed by atoms with E-state index in [0.29, 0.717) is 50.6 Å². The molecule has 2 aliphatic heterocycles. The minimum absolute atomic E-state index is 0.323. The van der Waals surface area contributed by atoms with Crippen molar-refractivity contribution < 1.29 is 14.3 Å². The lowest BCUT2D eigenvalue weighted by molar-refractivity contribution is -0.144. The van der Waals surface area contributed by atoms with Gasteiger partial charge in [-0.05, 0) is 26.3 Å². The van der Waals surface area contributed by atoms with Gasteiger partial charge in [0.25, 0.3) is 0 Å². The van der Waals surface area contributed by atoms with E-state index in [9.17, 15) is 14.9 Å². The summed E-state index contributed by atoms with van der Waals surface area (Å²) in [6.45, 7) is 8.16. The molecular formula is C18H23N5O3. The number of amides is 2. The van der Waals surface area contributed by atoms with Gasteiger partial charge in [0.1, 0.15) is 11.9 Å². The number of carbonyl (C=O) groups is 2. The highest BCUT2D eigenvalue weighted by Gasteiger charge is 2.33. The van der Waals surface area contributed by atoms with Gasteiger partial charge >= 0.3 is 11.8 Å². The number of nitriles is 1. The Morgan fingerprint density at radius 3 is 2.46 bits per heavy atom. The van der Waals surface area contributed by atoms with Crippen LogP contribution in [-0.4, -0.2) is 53.5 Å². The molecule has 26 heavy (non-hydrogen) atoms. The van der Waals surface area contributed by atoms with Crippen molar-refractivity contribution in [3.05, 3.63) is 22.4 Å². The number of hydrogen-bond acceptors (Lipinski definition) is 6. The summed E-state index contributed by atoms with van der Waals surface area (Å²) in [5, 5.41) is 9.80. The average molecular weight is 357 g/mol. The van der Waals surface area contributed by atoms with Crippen molar-refractivity contribution in [1.82, 2.24) is 9.88 Å². The smallest absolute Gasteiger partial charge is 0.311 e. The molecule has 3 heterocycles. The number of anilines is 1. The first kappa shape index (κ1) is 18.1. The summed E-state index contributed by atoms with van der Waals surface area (Å²) in [6.07, 6.45) is 0.654. The number of pyridine rings is 1. The van der Waals surface area contributed by atoms with Gasteiger partial charge in [0.15, 0.2) is 0 Å². The number of rotatable bonds is 1. The highest BCUT2D eigenvalue weighted by Crippen LogP contribution is 2.35. The molecule has 8 heteroatoms. The van der Waals surface area contributed by atoms with Crippen molar-refractivity contribution in [3.63, 3.8) is 0 Å². The summed E-state index contributed by atoms with van der Waals surface area (Å²) in [4.78, 5) is 30.9. The molecule has 138 valence electrons. The second-order valence-electron chi connectivity index (χ2n) is 7.33. The van der Waals surface area contributed by atoms with Crippen LogP contribution in [0.5, 0.6) is 0 Å². The van der Waals surface area contributed by atoms with Crippen LogP contribution in [0.2, 0.25) is 0 Å². The van der Waals surface area contributed by atoms with Crippen LogP contribution in [0.3, 0.4) is 0 Å². The summed E-state index contributed by atoms with van der Waals surface area (Å²) in [5.74, 6) is -0.965. The third-order valence-corrected chi connectivity index (χ3v) is 5.00. The highest BCUT2D eigenvalue weighted by molar-refractivity contribution is 6.34. The number of carbonyl (C=O) groups excluding carboxylic acids is 2. The van der Waals surface area contributed by atoms with Crippen LogP contribution in [0.1, 0.15) is 36.2 Å². The number of ether oxygens (including phenoxy) is 1. The normalized spacial score (nSPS) is 18.8. The van der Waals surface area contributed by atoms with Crippen LogP contribution < -0.4 is 10.6 Å². The summed E-state index contributed by atoms with van der Waals surface area (Å²) in [7, 11) is 0. The quantitative estimate of drug-likeness (QED) is 0.721. The van der Waals surface area contributed by atoms with E-state index in [2.05, 4.69) is 11.1 Å². The van der Waals surface area contributed by atoms with E-state index < -0.39 is 11.8 Å². The van der Waals surface area contributed by atoms with Crippen molar-refractivity contribution in [2.24, 2.45) is 5.73 Å². The number of piperazine rings is 1. The second-order valence-corrected chi connectivity index (χ2v) is 7.33. The fraction of sp³-hybridized carbons (Fsp3) is 0.556. The Morgan fingerprint density at radius 2 is 1.88 bits per heavy atom. The van der Waals surface area contributed by atoms with Crippen LogP contribution in [0.4, 0.5) is 5.82 Å². The van der Waals surface area contributed by atoms with Crippen LogP contribution in [0.25, 0.3) is 0 Å². The maximum Gasteiger partial charge on any atom is 0.311 e. The van der Waals surface area contributed by atoms with E-state index in [0.717, 1.165) is 16.8 Å². The molecule has 0 saturated carbocycles. The number of aryl methyl sites for hydroxylation is 1. The van der Waals surface area contributed by atoms with Gasteiger partial charge in [-0.2, -0.15) is 5.26 Å². The molecule has 0 aliphatic carbocycles. The number of primary amides is 1. The monoisotopic (exact) mass is 357 g/mol. The molecule has 0 radical (unpaired) electrons. The number of aromatic nitrogens is 1. The maximum absolute atomic E-state index is 11.7.